The fourth-order valence-corrected chi connectivity index (χ4v) is 4.67. The molecular formula is C13H22N2S. The molecule has 0 radical (unpaired) electrons. The number of thiocarbonyl (C=S) groups is 1. The third-order valence-electron chi connectivity index (χ3n) is 5.14. The first-order chi connectivity index (χ1) is 7.66. The largest absolute Gasteiger partial charge is 0.360 e. The van der Waals surface area contributed by atoms with Gasteiger partial charge in [0.25, 0.3) is 0 Å². The predicted molar refractivity (Wildman–Crippen MR) is 70.3 cm³/mol. The molecule has 90 valence electrons. The number of fused-ring (bicyclic) bond motifs is 5. The van der Waals surface area contributed by atoms with Crippen LogP contribution in [0.2, 0.25) is 0 Å². The lowest BCUT2D eigenvalue weighted by Crippen LogP contribution is -2.46. The standard InChI is InChI=1S/C13H22N2S/c1-15(2)13(16)14-12-7-8-6-11(12)10-5-3-4-9(8)10/h8-12H,3-7H2,1-2H3,(H,14,16)/t8-,9?,10?,11-,12-/m1/s1. The summed E-state index contributed by atoms with van der Waals surface area (Å²) in [5, 5.41) is 4.50. The van der Waals surface area contributed by atoms with E-state index in [0.717, 1.165) is 28.8 Å². The fourth-order valence-electron chi connectivity index (χ4n) is 4.52. The molecule has 2 nitrogen and oxygen atoms in total. The van der Waals surface area contributed by atoms with Crippen molar-refractivity contribution < 1.29 is 0 Å². The number of hydrogen-bond donors (Lipinski definition) is 1. The van der Waals surface area contributed by atoms with Crippen molar-refractivity contribution in [2.24, 2.45) is 23.7 Å². The van der Waals surface area contributed by atoms with Crippen molar-refractivity contribution in [2.75, 3.05) is 14.1 Å². The summed E-state index contributed by atoms with van der Waals surface area (Å²) >= 11 is 5.37. The molecule has 0 aromatic rings. The van der Waals surface area contributed by atoms with Crippen LogP contribution in [-0.4, -0.2) is 30.1 Å². The summed E-state index contributed by atoms with van der Waals surface area (Å²) in [4.78, 5) is 2.02. The highest BCUT2D eigenvalue weighted by molar-refractivity contribution is 7.80. The quantitative estimate of drug-likeness (QED) is 0.705. The highest BCUT2D eigenvalue weighted by Gasteiger charge is 2.53. The zero-order valence-electron chi connectivity index (χ0n) is 10.3. The molecule has 0 aromatic carbocycles. The molecule has 5 atom stereocenters. The molecule has 0 aliphatic heterocycles. The van der Waals surface area contributed by atoms with Crippen LogP contribution in [0.5, 0.6) is 0 Å². The minimum absolute atomic E-state index is 0.680. The van der Waals surface area contributed by atoms with Crippen molar-refractivity contribution in [2.45, 2.75) is 38.1 Å². The van der Waals surface area contributed by atoms with E-state index in [2.05, 4.69) is 5.32 Å². The van der Waals surface area contributed by atoms with Crippen LogP contribution in [0.1, 0.15) is 32.1 Å². The van der Waals surface area contributed by atoms with E-state index in [9.17, 15) is 0 Å². The van der Waals surface area contributed by atoms with E-state index >= 15 is 0 Å². The Balaban J connectivity index is 1.66. The third kappa shape index (κ3) is 1.55. The molecule has 0 heterocycles. The Morgan fingerprint density at radius 3 is 2.62 bits per heavy atom. The number of nitrogens with one attached hydrogen (secondary N) is 1. The van der Waals surface area contributed by atoms with Gasteiger partial charge in [-0.15, -0.1) is 0 Å². The van der Waals surface area contributed by atoms with Gasteiger partial charge in [0, 0.05) is 20.1 Å². The zero-order valence-corrected chi connectivity index (χ0v) is 11.1. The summed E-state index contributed by atoms with van der Waals surface area (Å²) in [6.45, 7) is 0. The van der Waals surface area contributed by atoms with Gasteiger partial charge in [0.1, 0.15) is 0 Å². The van der Waals surface area contributed by atoms with E-state index < -0.39 is 0 Å². The summed E-state index contributed by atoms with van der Waals surface area (Å²) in [7, 11) is 4.06. The SMILES string of the molecule is CN(C)C(=S)N[C@@H]1C[C@H]2C[C@@H]1C1CCCC12. The highest BCUT2D eigenvalue weighted by Crippen LogP contribution is 2.58. The van der Waals surface area contributed by atoms with Crippen LogP contribution in [0, 0.1) is 23.7 Å². The van der Waals surface area contributed by atoms with Gasteiger partial charge in [0.05, 0.1) is 0 Å². The summed E-state index contributed by atoms with van der Waals surface area (Å²) in [5.74, 6) is 4.05. The maximum Gasteiger partial charge on any atom is 0.168 e. The van der Waals surface area contributed by atoms with Gasteiger partial charge < -0.3 is 10.2 Å². The van der Waals surface area contributed by atoms with E-state index in [0.29, 0.717) is 6.04 Å². The molecular weight excluding hydrogens is 216 g/mol. The van der Waals surface area contributed by atoms with E-state index in [1.54, 1.807) is 0 Å². The second-order valence-electron chi connectivity index (χ2n) is 6.10. The lowest BCUT2D eigenvalue weighted by atomic mass is 9.79. The average molecular weight is 238 g/mol. The Kier molecular flexibility index (Phi) is 2.61. The second kappa shape index (κ2) is 3.86. The first-order valence-corrected chi connectivity index (χ1v) is 7.05. The monoisotopic (exact) mass is 238 g/mol. The summed E-state index contributed by atoms with van der Waals surface area (Å²) in [6.07, 6.45) is 7.32. The normalized spacial score (nSPS) is 44.5. The van der Waals surface area contributed by atoms with Gasteiger partial charge in [-0.1, -0.05) is 6.42 Å². The average Bonchev–Trinajstić information content (AvgIpc) is 2.87. The molecule has 2 bridgehead atoms. The van der Waals surface area contributed by atoms with Crippen molar-refractivity contribution in [3.05, 3.63) is 0 Å². The first kappa shape index (κ1) is 10.8. The van der Waals surface area contributed by atoms with E-state index in [1.807, 2.05) is 19.0 Å². The van der Waals surface area contributed by atoms with Crippen molar-refractivity contribution in [1.29, 1.82) is 0 Å². The Bertz CT molecular complexity index is 302. The van der Waals surface area contributed by atoms with Crippen LogP contribution < -0.4 is 5.32 Å². The Labute approximate surface area is 104 Å². The maximum absolute atomic E-state index is 5.37. The lowest BCUT2D eigenvalue weighted by molar-refractivity contribution is 0.221. The number of hydrogen-bond acceptors (Lipinski definition) is 1. The van der Waals surface area contributed by atoms with Crippen LogP contribution in [0.15, 0.2) is 0 Å². The van der Waals surface area contributed by atoms with Crippen molar-refractivity contribution in [3.8, 4) is 0 Å². The minimum Gasteiger partial charge on any atom is -0.360 e. The smallest absolute Gasteiger partial charge is 0.168 e. The van der Waals surface area contributed by atoms with Crippen LogP contribution in [-0.2, 0) is 0 Å². The summed E-state index contributed by atoms with van der Waals surface area (Å²) < 4.78 is 0. The highest BCUT2D eigenvalue weighted by atomic mass is 32.1. The zero-order chi connectivity index (χ0) is 11.3. The molecule has 0 spiro atoms. The van der Waals surface area contributed by atoms with Gasteiger partial charge in [-0.2, -0.15) is 0 Å². The van der Waals surface area contributed by atoms with E-state index in [4.69, 9.17) is 12.2 Å². The van der Waals surface area contributed by atoms with Gasteiger partial charge in [0.2, 0.25) is 0 Å². The van der Waals surface area contributed by atoms with Crippen molar-refractivity contribution >= 4 is 17.3 Å². The topological polar surface area (TPSA) is 15.3 Å². The summed E-state index contributed by atoms with van der Waals surface area (Å²) in [5.41, 5.74) is 0. The van der Waals surface area contributed by atoms with Gasteiger partial charge in [0.15, 0.2) is 5.11 Å². The fraction of sp³-hybridized carbons (Fsp3) is 0.923. The minimum atomic E-state index is 0.680. The van der Waals surface area contributed by atoms with Crippen LogP contribution in [0.4, 0.5) is 0 Å². The van der Waals surface area contributed by atoms with Crippen LogP contribution in [0.3, 0.4) is 0 Å². The van der Waals surface area contributed by atoms with Crippen molar-refractivity contribution in [1.82, 2.24) is 10.2 Å². The predicted octanol–water partition coefficient (Wildman–Crippen LogP) is 2.25. The summed E-state index contributed by atoms with van der Waals surface area (Å²) in [6, 6.07) is 0.680. The van der Waals surface area contributed by atoms with Gasteiger partial charge in [-0.05, 0) is 61.6 Å². The van der Waals surface area contributed by atoms with E-state index in [-0.39, 0.29) is 0 Å². The molecule has 3 rings (SSSR count). The Morgan fingerprint density at radius 2 is 1.88 bits per heavy atom. The molecule has 16 heavy (non-hydrogen) atoms. The Morgan fingerprint density at radius 1 is 1.12 bits per heavy atom. The van der Waals surface area contributed by atoms with E-state index in [1.165, 1.54) is 32.1 Å². The lowest BCUT2D eigenvalue weighted by Gasteiger charge is -2.33. The van der Waals surface area contributed by atoms with Gasteiger partial charge >= 0.3 is 0 Å². The molecule has 0 amide bonds. The van der Waals surface area contributed by atoms with Gasteiger partial charge in [-0.3, -0.25) is 0 Å². The number of rotatable bonds is 1. The Hall–Kier alpha value is -0.310. The molecule has 2 unspecified atom stereocenters. The maximum atomic E-state index is 5.37. The molecule has 3 saturated carbocycles. The first-order valence-electron chi connectivity index (χ1n) is 6.64. The van der Waals surface area contributed by atoms with Crippen LogP contribution >= 0.6 is 12.2 Å². The van der Waals surface area contributed by atoms with Gasteiger partial charge in [-0.25, -0.2) is 0 Å². The molecule has 3 aliphatic rings. The third-order valence-corrected chi connectivity index (χ3v) is 5.63. The molecule has 3 heteroatoms. The molecule has 0 aromatic heterocycles. The molecule has 0 saturated heterocycles. The molecule has 3 aliphatic carbocycles. The molecule has 1 N–H and O–H groups in total. The van der Waals surface area contributed by atoms with Crippen LogP contribution in [0.25, 0.3) is 0 Å². The van der Waals surface area contributed by atoms with Crippen molar-refractivity contribution in [3.63, 3.8) is 0 Å². The second-order valence-corrected chi connectivity index (χ2v) is 6.49. The molecule has 3 fully saturated rings. The number of nitrogens with zero attached hydrogens (tertiary/aromatic N) is 1.